The van der Waals surface area contributed by atoms with Crippen molar-refractivity contribution in [2.45, 2.75) is 25.7 Å². The Kier molecular flexibility index (Phi) is 7.87. The van der Waals surface area contributed by atoms with Gasteiger partial charge in [-0.2, -0.15) is 4.98 Å². The number of aromatic nitrogens is 2. The van der Waals surface area contributed by atoms with Gasteiger partial charge in [-0.1, -0.05) is 58.7 Å². The van der Waals surface area contributed by atoms with E-state index in [4.69, 9.17) is 27.7 Å². The number of hydrogen-bond donors (Lipinski definition) is 2. The molecule has 1 aromatic carbocycles. The summed E-state index contributed by atoms with van der Waals surface area (Å²) < 4.78 is 5.26. The summed E-state index contributed by atoms with van der Waals surface area (Å²) in [4.78, 5) is 28.3. The van der Waals surface area contributed by atoms with Crippen LogP contribution >= 0.6 is 23.2 Å². The average molecular weight is 501 g/mol. The van der Waals surface area contributed by atoms with Crippen molar-refractivity contribution in [2.24, 2.45) is 16.1 Å². The Labute approximate surface area is 206 Å². The van der Waals surface area contributed by atoms with Crippen LogP contribution in [0.25, 0.3) is 11.4 Å². The van der Waals surface area contributed by atoms with Gasteiger partial charge in [-0.05, 0) is 25.0 Å². The number of nitrogens with zero attached hydrogens (tertiary/aromatic N) is 4. The molecule has 1 atom stereocenters. The lowest BCUT2D eigenvalue weighted by molar-refractivity contribution is -0.121. The third-order valence-corrected chi connectivity index (χ3v) is 6.06. The highest BCUT2D eigenvalue weighted by atomic mass is 35.5. The van der Waals surface area contributed by atoms with Crippen LogP contribution in [-0.4, -0.2) is 35.0 Å². The molecular weight excluding hydrogens is 479 g/mol. The van der Waals surface area contributed by atoms with Crippen LogP contribution in [0, 0.1) is 5.92 Å². The van der Waals surface area contributed by atoms with Crippen molar-refractivity contribution < 1.29 is 14.1 Å². The van der Waals surface area contributed by atoms with E-state index in [2.05, 4.69) is 31.0 Å². The summed E-state index contributed by atoms with van der Waals surface area (Å²) in [5.74, 6) is 0.698. The van der Waals surface area contributed by atoms with Gasteiger partial charge in [0.1, 0.15) is 0 Å². The van der Waals surface area contributed by atoms with E-state index in [0.29, 0.717) is 71.9 Å². The van der Waals surface area contributed by atoms with Crippen LogP contribution in [0.1, 0.15) is 25.2 Å². The molecule has 0 saturated carbocycles. The summed E-state index contributed by atoms with van der Waals surface area (Å²) in [5, 5.41) is 18.5. The number of aryl methyl sites for hydroxylation is 1. The molecule has 1 unspecified atom stereocenters. The number of azo groups is 1. The van der Waals surface area contributed by atoms with Gasteiger partial charge < -0.3 is 15.2 Å². The summed E-state index contributed by atoms with van der Waals surface area (Å²) in [6, 6.07) is 5.21. The van der Waals surface area contributed by atoms with Crippen molar-refractivity contribution in [3.8, 4) is 11.4 Å². The van der Waals surface area contributed by atoms with Crippen LogP contribution in [0.2, 0.25) is 10.0 Å². The Hall–Kier alpha value is -3.30. The number of carbonyl (C=O) groups is 2. The Morgan fingerprint density at radius 2 is 2.00 bits per heavy atom. The van der Waals surface area contributed by atoms with E-state index >= 15 is 0 Å². The molecule has 9 nitrogen and oxygen atoms in total. The van der Waals surface area contributed by atoms with Gasteiger partial charge >= 0.3 is 0 Å². The summed E-state index contributed by atoms with van der Waals surface area (Å²) in [5.41, 5.74) is 1.41. The molecule has 0 fully saturated rings. The fourth-order valence-corrected chi connectivity index (χ4v) is 3.88. The van der Waals surface area contributed by atoms with Crippen molar-refractivity contribution in [1.82, 2.24) is 20.8 Å². The van der Waals surface area contributed by atoms with Gasteiger partial charge in [-0.25, -0.2) is 0 Å². The molecule has 0 spiro atoms. The number of carbonyl (C=O) groups excluding carboxylic acids is 2. The minimum Gasteiger partial charge on any atom is -0.368 e. The van der Waals surface area contributed by atoms with Crippen LogP contribution in [-0.2, 0) is 16.0 Å². The topological polar surface area (TPSA) is 122 Å². The van der Waals surface area contributed by atoms with Crippen LogP contribution in [0.5, 0.6) is 0 Å². The maximum Gasteiger partial charge on any atom is 0.276 e. The molecule has 2 N–H and O–H groups in total. The highest BCUT2D eigenvalue weighted by Gasteiger charge is 2.26. The Morgan fingerprint density at radius 3 is 2.88 bits per heavy atom. The third-order valence-electron chi connectivity index (χ3n) is 5.24. The average Bonchev–Trinajstić information content (AvgIpc) is 3.31. The second-order valence-corrected chi connectivity index (χ2v) is 8.45. The van der Waals surface area contributed by atoms with Gasteiger partial charge in [0.25, 0.3) is 5.91 Å². The van der Waals surface area contributed by atoms with Crippen molar-refractivity contribution in [3.63, 3.8) is 0 Å². The molecule has 0 radical (unpaired) electrons. The second-order valence-electron chi connectivity index (χ2n) is 7.66. The van der Waals surface area contributed by atoms with Crippen LogP contribution in [0.4, 0.5) is 0 Å². The van der Waals surface area contributed by atoms with Gasteiger partial charge in [0, 0.05) is 37.1 Å². The third kappa shape index (κ3) is 5.78. The predicted molar refractivity (Wildman–Crippen MR) is 127 cm³/mol. The molecule has 2 aliphatic rings. The number of rotatable bonds is 10. The smallest absolute Gasteiger partial charge is 0.276 e. The van der Waals surface area contributed by atoms with Gasteiger partial charge in [0.05, 0.1) is 16.0 Å². The van der Waals surface area contributed by atoms with E-state index in [-0.39, 0.29) is 17.7 Å². The fourth-order valence-electron chi connectivity index (χ4n) is 3.49. The highest BCUT2D eigenvalue weighted by molar-refractivity contribution is 6.43. The first-order valence-corrected chi connectivity index (χ1v) is 11.6. The minimum absolute atomic E-state index is 0.0528. The molecule has 176 valence electrons. The Balaban J connectivity index is 1.14. The van der Waals surface area contributed by atoms with E-state index in [1.807, 2.05) is 18.2 Å². The lowest BCUT2D eigenvalue weighted by Crippen LogP contribution is -2.28. The van der Waals surface area contributed by atoms with Crippen LogP contribution in [0.15, 0.2) is 68.6 Å². The van der Waals surface area contributed by atoms with Crippen molar-refractivity contribution in [3.05, 3.63) is 69.8 Å². The first-order valence-electron chi connectivity index (χ1n) is 10.8. The normalized spacial score (nSPS) is 16.6. The number of amides is 2. The fraction of sp³-hybridized carbons (Fsp3) is 0.304. The van der Waals surface area contributed by atoms with Gasteiger partial charge in [0.15, 0.2) is 5.82 Å². The van der Waals surface area contributed by atoms with E-state index in [1.54, 1.807) is 24.3 Å². The SMILES string of the molecule is O=C(CCCc1nc(-c2cccc(Cl)c2Cl)no1)NCCCNC1=C2C=CC=CC2C(=O)N=N1. The Morgan fingerprint density at radius 1 is 1.12 bits per heavy atom. The van der Waals surface area contributed by atoms with Crippen LogP contribution in [0.3, 0.4) is 0 Å². The summed E-state index contributed by atoms with van der Waals surface area (Å²) in [6.45, 7) is 1.11. The molecule has 1 aliphatic heterocycles. The number of halogens is 2. The first kappa shape index (κ1) is 23.8. The highest BCUT2D eigenvalue weighted by Crippen LogP contribution is 2.32. The zero-order chi connectivity index (χ0) is 23.9. The quantitative estimate of drug-likeness (QED) is 0.465. The molecule has 2 amide bonds. The van der Waals surface area contributed by atoms with E-state index < -0.39 is 0 Å². The van der Waals surface area contributed by atoms with Gasteiger partial charge in [-0.15, -0.1) is 10.2 Å². The number of fused-ring (bicyclic) bond motifs is 1. The molecule has 0 saturated heterocycles. The molecule has 2 heterocycles. The van der Waals surface area contributed by atoms with Gasteiger partial charge in [0.2, 0.25) is 17.6 Å². The van der Waals surface area contributed by atoms with E-state index in [1.165, 1.54) is 0 Å². The maximum absolute atomic E-state index is 12.1. The molecule has 0 bridgehead atoms. The van der Waals surface area contributed by atoms with Crippen molar-refractivity contribution in [1.29, 1.82) is 0 Å². The summed E-state index contributed by atoms with van der Waals surface area (Å²) >= 11 is 12.2. The van der Waals surface area contributed by atoms with Crippen molar-refractivity contribution in [2.75, 3.05) is 13.1 Å². The molecule has 2 aromatic rings. The number of allylic oxidation sites excluding steroid dienone is 3. The standard InChI is InChI=1S/C23H22Cl2N6O3/c24-17-9-3-8-16(20(17)25)22-28-19(34-31-22)11-4-10-18(32)26-12-5-13-27-21-14-6-1-2-7-15(14)23(33)30-29-21/h1-3,6-9,15,27H,4-5,10-13H2,(H,26,32). The predicted octanol–water partition coefficient (Wildman–Crippen LogP) is 4.41. The molecular formula is C23H22Cl2N6O3. The van der Waals surface area contributed by atoms with E-state index in [9.17, 15) is 9.59 Å². The number of benzene rings is 1. The molecule has 1 aromatic heterocycles. The number of hydrogen-bond acceptors (Lipinski definition) is 7. The molecule has 34 heavy (non-hydrogen) atoms. The minimum atomic E-state index is -0.373. The lowest BCUT2D eigenvalue weighted by atomic mass is 9.93. The van der Waals surface area contributed by atoms with Crippen LogP contribution < -0.4 is 10.6 Å². The maximum atomic E-state index is 12.1. The molecule has 4 rings (SSSR count). The van der Waals surface area contributed by atoms with Crippen molar-refractivity contribution >= 4 is 35.0 Å². The summed E-state index contributed by atoms with van der Waals surface area (Å²) in [6.07, 6.45) is 9.44. The summed E-state index contributed by atoms with van der Waals surface area (Å²) in [7, 11) is 0. The lowest BCUT2D eigenvalue weighted by Gasteiger charge is -2.20. The number of nitrogens with one attached hydrogen (secondary N) is 2. The zero-order valence-corrected chi connectivity index (χ0v) is 19.6. The largest absolute Gasteiger partial charge is 0.368 e. The Bertz CT molecular complexity index is 1200. The second kappa shape index (κ2) is 11.2. The molecule has 1 aliphatic carbocycles. The van der Waals surface area contributed by atoms with Gasteiger partial charge in [-0.3, -0.25) is 9.59 Å². The monoisotopic (exact) mass is 500 g/mol. The van der Waals surface area contributed by atoms with E-state index in [0.717, 1.165) is 5.57 Å². The first-order chi connectivity index (χ1) is 16.5. The zero-order valence-electron chi connectivity index (χ0n) is 18.1. The molecule has 11 heteroatoms.